The molecule has 0 aliphatic rings. The molecule has 0 amide bonds. The highest BCUT2D eigenvalue weighted by Crippen LogP contribution is 2.25. The fourth-order valence-corrected chi connectivity index (χ4v) is 2.03. The van der Waals surface area contributed by atoms with Crippen LogP contribution in [0.15, 0.2) is 48.2 Å². The molecular formula is C17H29N. The molecule has 18 heavy (non-hydrogen) atoms. The molecule has 102 valence electrons. The molecule has 0 saturated carbocycles. The Morgan fingerprint density at radius 1 is 1.28 bits per heavy atom. The van der Waals surface area contributed by atoms with Crippen LogP contribution in [0.3, 0.4) is 0 Å². The van der Waals surface area contributed by atoms with Gasteiger partial charge in [-0.3, -0.25) is 0 Å². The first-order valence-corrected chi connectivity index (χ1v) is 6.75. The molecule has 1 nitrogen and oxygen atoms in total. The Hall–Kier alpha value is -1.24. The SMILES string of the molecule is C=C/C=C\C(C)N(C)/C(C(=C)C)=C(\C)C(C)CC. The molecule has 0 fully saturated rings. The second-order valence-electron chi connectivity index (χ2n) is 5.09. The van der Waals surface area contributed by atoms with Gasteiger partial charge < -0.3 is 4.90 Å². The summed E-state index contributed by atoms with van der Waals surface area (Å²) in [5.74, 6) is 0.592. The monoisotopic (exact) mass is 247 g/mol. The van der Waals surface area contributed by atoms with Gasteiger partial charge in [0.05, 0.1) is 0 Å². The Labute approximate surface area is 114 Å². The Morgan fingerprint density at radius 2 is 1.83 bits per heavy atom. The Balaban J connectivity index is 5.30. The van der Waals surface area contributed by atoms with Gasteiger partial charge in [-0.05, 0) is 44.3 Å². The third kappa shape index (κ3) is 4.56. The first-order chi connectivity index (χ1) is 8.36. The van der Waals surface area contributed by atoms with E-state index in [9.17, 15) is 0 Å². The van der Waals surface area contributed by atoms with Crippen LogP contribution in [0, 0.1) is 5.92 Å². The van der Waals surface area contributed by atoms with Gasteiger partial charge in [0, 0.05) is 18.8 Å². The van der Waals surface area contributed by atoms with E-state index in [1.807, 2.05) is 12.2 Å². The molecular weight excluding hydrogens is 218 g/mol. The van der Waals surface area contributed by atoms with Crippen molar-refractivity contribution in [3.8, 4) is 0 Å². The number of rotatable bonds is 7. The third-order valence-electron chi connectivity index (χ3n) is 3.62. The van der Waals surface area contributed by atoms with Gasteiger partial charge in [-0.25, -0.2) is 0 Å². The van der Waals surface area contributed by atoms with Crippen LogP contribution in [-0.2, 0) is 0 Å². The summed E-state index contributed by atoms with van der Waals surface area (Å²) >= 11 is 0. The van der Waals surface area contributed by atoms with Crippen molar-refractivity contribution >= 4 is 0 Å². The average molecular weight is 247 g/mol. The minimum atomic E-state index is 0.341. The van der Waals surface area contributed by atoms with E-state index in [2.05, 4.69) is 65.8 Å². The topological polar surface area (TPSA) is 3.24 Å². The zero-order valence-corrected chi connectivity index (χ0v) is 13.0. The maximum Gasteiger partial charge on any atom is 0.0444 e. The van der Waals surface area contributed by atoms with Crippen molar-refractivity contribution in [2.24, 2.45) is 5.92 Å². The second kappa shape index (κ2) is 7.97. The zero-order chi connectivity index (χ0) is 14.3. The van der Waals surface area contributed by atoms with E-state index in [1.54, 1.807) is 0 Å². The van der Waals surface area contributed by atoms with E-state index in [1.165, 1.54) is 11.3 Å². The molecule has 2 unspecified atom stereocenters. The number of hydrogen-bond donors (Lipinski definition) is 0. The fourth-order valence-electron chi connectivity index (χ4n) is 2.03. The molecule has 0 aliphatic carbocycles. The van der Waals surface area contributed by atoms with Gasteiger partial charge in [0.2, 0.25) is 0 Å². The highest BCUT2D eigenvalue weighted by Gasteiger charge is 2.16. The van der Waals surface area contributed by atoms with Gasteiger partial charge in [0.15, 0.2) is 0 Å². The Bertz CT molecular complexity index is 347. The zero-order valence-electron chi connectivity index (χ0n) is 13.0. The van der Waals surface area contributed by atoms with E-state index < -0.39 is 0 Å². The average Bonchev–Trinajstić information content (AvgIpc) is 2.34. The van der Waals surface area contributed by atoms with Crippen molar-refractivity contribution < 1.29 is 0 Å². The summed E-state index contributed by atoms with van der Waals surface area (Å²) in [4.78, 5) is 2.30. The van der Waals surface area contributed by atoms with E-state index in [4.69, 9.17) is 0 Å². The summed E-state index contributed by atoms with van der Waals surface area (Å²) in [5, 5.41) is 0. The summed E-state index contributed by atoms with van der Waals surface area (Å²) in [6.45, 7) is 18.8. The minimum Gasteiger partial charge on any atom is -0.368 e. The molecule has 1 heteroatoms. The highest BCUT2D eigenvalue weighted by atomic mass is 15.1. The summed E-state index contributed by atoms with van der Waals surface area (Å²) in [6.07, 6.45) is 7.12. The molecule has 0 N–H and O–H groups in total. The van der Waals surface area contributed by atoms with Crippen molar-refractivity contribution in [1.29, 1.82) is 0 Å². The normalized spacial score (nSPS) is 16.1. The number of likely N-dealkylation sites (N-methyl/N-ethyl adjacent to an activating group) is 1. The van der Waals surface area contributed by atoms with Crippen LogP contribution in [0.1, 0.15) is 41.0 Å². The summed E-state index contributed by atoms with van der Waals surface area (Å²) in [7, 11) is 2.13. The lowest BCUT2D eigenvalue weighted by Crippen LogP contribution is -2.28. The molecule has 0 aromatic rings. The van der Waals surface area contributed by atoms with E-state index >= 15 is 0 Å². The van der Waals surface area contributed by atoms with Crippen molar-refractivity contribution in [1.82, 2.24) is 4.90 Å². The molecule has 0 saturated heterocycles. The lowest BCUT2D eigenvalue weighted by atomic mass is 9.94. The van der Waals surface area contributed by atoms with Gasteiger partial charge in [-0.15, -0.1) is 0 Å². The van der Waals surface area contributed by atoms with Crippen LogP contribution < -0.4 is 0 Å². The van der Waals surface area contributed by atoms with E-state index in [-0.39, 0.29) is 0 Å². The first kappa shape index (κ1) is 16.8. The van der Waals surface area contributed by atoms with E-state index in [0.29, 0.717) is 12.0 Å². The molecule has 0 aliphatic heterocycles. The van der Waals surface area contributed by atoms with Crippen molar-refractivity contribution in [2.75, 3.05) is 7.05 Å². The molecule has 0 radical (unpaired) electrons. The van der Waals surface area contributed by atoms with Crippen molar-refractivity contribution in [2.45, 2.75) is 47.1 Å². The van der Waals surface area contributed by atoms with Crippen LogP contribution in [0.25, 0.3) is 0 Å². The van der Waals surface area contributed by atoms with Gasteiger partial charge >= 0.3 is 0 Å². The highest BCUT2D eigenvalue weighted by molar-refractivity contribution is 5.32. The van der Waals surface area contributed by atoms with Crippen LogP contribution in [-0.4, -0.2) is 18.0 Å². The first-order valence-electron chi connectivity index (χ1n) is 6.75. The molecule has 0 aromatic heterocycles. The second-order valence-corrected chi connectivity index (χ2v) is 5.09. The van der Waals surface area contributed by atoms with Crippen LogP contribution in [0.5, 0.6) is 0 Å². The van der Waals surface area contributed by atoms with Gasteiger partial charge in [0.1, 0.15) is 0 Å². The lowest BCUT2D eigenvalue weighted by Gasteiger charge is -2.31. The predicted octanol–water partition coefficient (Wildman–Crippen LogP) is 4.95. The third-order valence-corrected chi connectivity index (χ3v) is 3.62. The maximum absolute atomic E-state index is 4.13. The smallest absolute Gasteiger partial charge is 0.0444 e. The molecule has 0 spiro atoms. The van der Waals surface area contributed by atoms with Gasteiger partial charge in [-0.2, -0.15) is 0 Å². The van der Waals surface area contributed by atoms with Crippen molar-refractivity contribution in [3.05, 3.63) is 48.2 Å². The number of nitrogens with zero attached hydrogens (tertiary/aromatic N) is 1. The van der Waals surface area contributed by atoms with Crippen LogP contribution in [0.4, 0.5) is 0 Å². The quantitative estimate of drug-likeness (QED) is 0.576. The lowest BCUT2D eigenvalue weighted by molar-refractivity contribution is 0.370. The van der Waals surface area contributed by atoms with E-state index in [0.717, 1.165) is 12.0 Å². The summed E-state index contributed by atoms with van der Waals surface area (Å²) in [6, 6.07) is 0.341. The molecule has 0 bridgehead atoms. The van der Waals surface area contributed by atoms with Gasteiger partial charge in [-0.1, -0.05) is 45.2 Å². The molecule has 0 rings (SSSR count). The summed E-state index contributed by atoms with van der Waals surface area (Å²) in [5.41, 5.74) is 3.84. The summed E-state index contributed by atoms with van der Waals surface area (Å²) < 4.78 is 0. The maximum atomic E-state index is 4.13. The predicted molar refractivity (Wildman–Crippen MR) is 83.5 cm³/mol. The van der Waals surface area contributed by atoms with Gasteiger partial charge in [0.25, 0.3) is 0 Å². The van der Waals surface area contributed by atoms with Crippen LogP contribution in [0.2, 0.25) is 0 Å². The molecule has 0 aromatic carbocycles. The standard InChI is InChI=1S/C17H29N/c1-9-11-12-15(6)18(8)17(13(3)4)16(7)14(5)10-2/h9,11-12,14-15H,1,3,10H2,2,4-8H3/b12-11-,17-16+. The fraction of sp³-hybridized carbons (Fsp3) is 0.529. The minimum absolute atomic E-state index is 0.341. The number of allylic oxidation sites excluding steroid dienone is 4. The molecule has 0 heterocycles. The Morgan fingerprint density at radius 3 is 2.22 bits per heavy atom. The van der Waals surface area contributed by atoms with Crippen molar-refractivity contribution in [3.63, 3.8) is 0 Å². The largest absolute Gasteiger partial charge is 0.368 e. The Kier molecular flexibility index (Phi) is 7.42. The molecule has 2 atom stereocenters. The number of hydrogen-bond acceptors (Lipinski definition) is 1. The van der Waals surface area contributed by atoms with Crippen LogP contribution >= 0.6 is 0 Å².